The molecule has 26 heavy (non-hydrogen) atoms. The number of carbonyl (C=O) groups is 2. The van der Waals surface area contributed by atoms with Gasteiger partial charge in [0.05, 0.1) is 12.7 Å². The van der Waals surface area contributed by atoms with E-state index in [9.17, 15) is 9.59 Å². The maximum Gasteiger partial charge on any atom is 0.337 e. The lowest BCUT2D eigenvalue weighted by Gasteiger charge is -2.03. The van der Waals surface area contributed by atoms with E-state index in [1.807, 2.05) is 0 Å². The molecule has 0 atom stereocenters. The lowest BCUT2D eigenvalue weighted by molar-refractivity contribution is 0.0600. The van der Waals surface area contributed by atoms with Gasteiger partial charge in [-0.2, -0.15) is 0 Å². The standard InChI is InChI=1S/C18H14ClN3O3S/c1-25-17(24)11-4-8-13(9-5-11)21-18-22-16(20)15(26-18)14(23)10-2-6-12(19)7-3-10/h2-9H,20H2,1H3,(H,21,22). The Hall–Kier alpha value is -2.90. The second-order valence-corrected chi connectivity index (χ2v) is 6.70. The molecular weight excluding hydrogens is 374 g/mol. The number of nitrogens with zero attached hydrogens (tertiary/aromatic N) is 1. The number of aromatic nitrogens is 1. The molecule has 3 aromatic rings. The molecule has 0 spiro atoms. The highest BCUT2D eigenvalue weighted by Crippen LogP contribution is 2.30. The summed E-state index contributed by atoms with van der Waals surface area (Å²) in [7, 11) is 1.33. The van der Waals surface area contributed by atoms with Gasteiger partial charge in [0.2, 0.25) is 5.78 Å². The fourth-order valence-corrected chi connectivity index (χ4v) is 3.20. The van der Waals surface area contributed by atoms with Crippen molar-refractivity contribution in [2.24, 2.45) is 0 Å². The molecule has 0 aliphatic heterocycles. The molecule has 0 unspecified atom stereocenters. The van der Waals surface area contributed by atoms with Gasteiger partial charge in [-0.1, -0.05) is 22.9 Å². The Labute approximate surface area is 158 Å². The Balaban J connectivity index is 1.78. The van der Waals surface area contributed by atoms with E-state index >= 15 is 0 Å². The Morgan fingerprint density at radius 2 is 1.69 bits per heavy atom. The van der Waals surface area contributed by atoms with Gasteiger partial charge in [-0.25, -0.2) is 9.78 Å². The van der Waals surface area contributed by atoms with Crippen LogP contribution in [0.15, 0.2) is 48.5 Å². The number of nitrogens with two attached hydrogens (primary N) is 1. The first-order valence-corrected chi connectivity index (χ1v) is 8.69. The average Bonchev–Trinajstić information content (AvgIpc) is 3.02. The van der Waals surface area contributed by atoms with E-state index in [0.29, 0.717) is 31.8 Å². The molecular formula is C18H14ClN3O3S. The van der Waals surface area contributed by atoms with Gasteiger partial charge in [-0.15, -0.1) is 0 Å². The first-order valence-electron chi connectivity index (χ1n) is 7.50. The van der Waals surface area contributed by atoms with Gasteiger partial charge in [0.25, 0.3) is 0 Å². The summed E-state index contributed by atoms with van der Waals surface area (Å²) in [5, 5.41) is 4.10. The van der Waals surface area contributed by atoms with Crippen LogP contribution in [0.3, 0.4) is 0 Å². The van der Waals surface area contributed by atoms with Crippen LogP contribution in [0.2, 0.25) is 5.02 Å². The minimum Gasteiger partial charge on any atom is -0.465 e. The molecule has 2 aromatic carbocycles. The van der Waals surface area contributed by atoms with E-state index in [2.05, 4.69) is 15.0 Å². The zero-order valence-corrected chi connectivity index (χ0v) is 15.2. The fourth-order valence-electron chi connectivity index (χ4n) is 2.21. The Morgan fingerprint density at radius 1 is 1.08 bits per heavy atom. The first kappa shape index (κ1) is 17.9. The van der Waals surface area contributed by atoms with Crippen LogP contribution in [0.4, 0.5) is 16.6 Å². The third kappa shape index (κ3) is 3.84. The highest BCUT2D eigenvalue weighted by atomic mass is 35.5. The number of methoxy groups -OCH3 is 1. The SMILES string of the molecule is COC(=O)c1ccc(Nc2nc(N)c(C(=O)c3ccc(Cl)cc3)s2)cc1. The highest BCUT2D eigenvalue weighted by molar-refractivity contribution is 7.18. The van der Waals surface area contributed by atoms with Crippen LogP contribution in [0.1, 0.15) is 25.6 Å². The third-order valence-corrected chi connectivity index (χ3v) is 4.76. The molecule has 0 bridgehead atoms. The van der Waals surface area contributed by atoms with Gasteiger partial charge >= 0.3 is 5.97 Å². The van der Waals surface area contributed by atoms with Crippen molar-refractivity contribution >= 4 is 51.3 Å². The summed E-state index contributed by atoms with van der Waals surface area (Å²) >= 11 is 7.00. The van der Waals surface area contributed by atoms with Crippen molar-refractivity contribution in [3.8, 4) is 0 Å². The molecule has 132 valence electrons. The molecule has 0 saturated heterocycles. The van der Waals surface area contributed by atoms with Crippen LogP contribution in [-0.4, -0.2) is 23.8 Å². The van der Waals surface area contributed by atoms with E-state index in [-0.39, 0.29) is 11.6 Å². The predicted octanol–water partition coefficient (Wildman–Crippen LogP) is 4.14. The van der Waals surface area contributed by atoms with Gasteiger partial charge in [-0.3, -0.25) is 4.79 Å². The first-order chi connectivity index (χ1) is 12.5. The van der Waals surface area contributed by atoms with Crippen LogP contribution in [0.25, 0.3) is 0 Å². The number of nitrogens with one attached hydrogen (secondary N) is 1. The number of nitrogen functional groups attached to an aromatic ring is 1. The van der Waals surface area contributed by atoms with Gasteiger partial charge in [0.15, 0.2) is 5.13 Å². The Morgan fingerprint density at radius 3 is 2.31 bits per heavy atom. The van der Waals surface area contributed by atoms with Crippen LogP contribution in [0, 0.1) is 0 Å². The number of hydrogen-bond donors (Lipinski definition) is 2. The van der Waals surface area contributed by atoms with E-state index < -0.39 is 5.97 Å². The lowest BCUT2D eigenvalue weighted by atomic mass is 10.1. The van der Waals surface area contributed by atoms with Gasteiger partial charge < -0.3 is 15.8 Å². The Kier molecular flexibility index (Phi) is 5.20. The van der Waals surface area contributed by atoms with E-state index in [1.54, 1.807) is 48.5 Å². The summed E-state index contributed by atoms with van der Waals surface area (Å²) in [4.78, 5) is 28.6. The third-order valence-electron chi connectivity index (χ3n) is 3.52. The van der Waals surface area contributed by atoms with E-state index in [0.717, 1.165) is 11.3 Å². The second-order valence-electron chi connectivity index (χ2n) is 5.26. The number of benzene rings is 2. The van der Waals surface area contributed by atoms with Crippen molar-refractivity contribution < 1.29 is 14.3 Å². The molecule has 1 heterocycles. The number of ketones is 1. The molecule has 0 aliphatic rings. The van der Waals surface area contributed by atoms with Crippen LogP contribution in [-0.2, 0) is 4.74 Å². The molecule has 0 radical (unpaired) electrons. The molecule has 1 aromatic heterocycles. The molecule has 3 N–H and O–H groups in total. The molecule has 8 heteroatoms. The summed E-state index contributed by atoms with van der Waals surface area (Å²) < 4.78 is 4.66. The number of carbonyl (C=O) groups excluding carboxylic acids is 2. The van der Waals surface area contributed by atoms with Crippen molar-refractivity contribution in [3.63, 3.8) is 0 Å². The van der Waals surface area contributed by atoms with Crippen LogP contribution >= 0.6 is 22.9 Å². The largest absolute Gasteiger partial charge is 0.465 e. The number of rotatable bonds is 5. The van der Waals surface area contributed by atoms with Gasteiger partial charge in [0, 0.05) is 16.3 Å². The lowest BCUT2D eigenvalue weighted by Crippen LogP contribution is -2.02. The minimum atomic E-state index is -0.411. The van der Waals surface area contributed by atoms with Crippen molar-refractivity contribution in [2.45, 2.75) is 0 Å². The Bertz CT molecular complexity index is 953. The molecule has 0 aliphatic carbocycles. The monoisotopic (exact) mass is 387 g/mol. The number of thiazole rings is 1. The molecule has 0 fully saturated rings. The zero-order valence-electron chi connectivity index (χ0n) is 13.7. The summed E-state index contributed by atoms with van der Waals surface area (Å²) in [5.41, 5.74) is 7.53. The number of ether oxygens (including phenoxy) is 1. The molecule has 3 rings (SSSR count). The second kappa shape index (κ2) is 7.55. The zero-order chi connectivity index (χ0) is 18.7. The average molecular weight is 388 g/mol. The van der Waals surface area contributed by atoms with E-state index in [4.69, 9.17) is 17.3 Å². The molecule has 0 saturated carbocycles. The fraction of sp³-hybridized carbons (Fsp3) is 0.0556. The summed E-state index contributed by atoms with van der Waals surface area (Å²) in [6.45, 7) is 0. The topological polar surface area (TPSA) is 94.3 Å². The summed E-state index contributed by atoms with van der Waals surface area (Å²) in [5.74, 6) is -0.472. The van der Waals surface area contributed by atoms with Crippen molar-refractivity contribution in [2.75, 3.05) is 18.2 Å². The normalized spacial score (nSPS) is 10.4. The number of esters is 1. The van der Waals surface area contributed by atoms with Crippen molar-refractivity contribution in [1.82, 2.24) is 4.98 Å². The number of halogens is 1. The van der Waals surface area contributed by atoms with Crippen LogP contribution < -0.4 is 11.1 Å². The number of anilines is 3. The minimum absolute atomic E-state index is 0.156. The van der Waals surface area contributed by atoms with Crippen LogP contribution in [0.5, 0.6) is 0 Å². The molecule has 6 nitrogen and oxygen atoms in total. The highest BCUT2D eigenvalue weighted by Gasteiger charge is 2.18. The van der Waals surface area contributed by atoms with Gasteiger partial charge in [0.1, 0.15) is 10.7 Å². The maximum atomic E-state index is 12.6. The van der Waals surface area contributed by atoms with Crippen molar-refractivity contribution in [3.05, 3.63) is 69.6 Å². The summed E-state index contributed by atoms with van der Waals surface area (Å²) in [6, 6.07) is 13.3. The van der Waals surface area contributed by atoms with Crippen molar-refractivity contribution in [1.29, 1.82) is 0 Å². The summed E-state index contributed by atoms with van der Waals surface area (Å²) in [6.07, 6.45) is 0. The predicted molar refractivity (Wildman–Crippen MR) is 102 cm³/mol. The quantitative estimate of drug-likeness (QED) is 0.504. The van der Waals surface area contributed by atoms with E-state index in [1.165, 1.54) is 7.11 Å². The number of hydrogen-bond acceptors (Lipinski definition) is 7. The maximum absolute atomic E-state index is 12.6. The smallest absolute Gasteiger partial charge is 0.337 e. The van der Waals surface area contributed by atoms with Gasteiger partial charge in [-0.05, 0) is 48.5 Å². The molecule has 0 amide bonds.